The molecule has 1 amide bonds. The van der Waals surface area contributed by atoms with Crippen LogP contribution in [0.1, 0.15) is 18.0 Å². The van der Waals surface area contributed by atoms with Crippen molar-refractivity contribution in [2.24, 2.45) is 5.73 Å². The van der Waals surface area contributed by atoms with Gasteiger partial charge < -0.3 is 15.8 Å². The minimum atomic E-state index is -0.547. The van der Waals surface area contributed by atoms with Crippen LogP contribution in [0.5, 0.6) is 0 Å². The van der Waals surface area contributed by atoms with Crippen molar-refractivity contribution in [2.45, 2.75) is 12.5 Å². The van der Waals surface area contributed by atoms with Gasteiger partial charge in [-0.05, 0) is 34.9 Å². The topological polar surface area (TPSA) is 81.4 Å². The first-order chi connectivity index (χ1) is 11.5. The van der Waals surface area contributed by atoms with E-state index in [2.05, 4.69) is 10.1 Å². The molecule has 0 fully saturated rings. The number of halogens is 2. The molecule has 134 valence electrons. The summed E-state index contributed by atoms with van der Waals surface area (Å²) < 4.78 is 17.7. The van der Waals surface area contributed by atoms with Crippen LogP contribution in [0, 0.1) is 5.82 Å². The molecule has 0 aliphatic heterocycles. The highest BCUT2D eigenvalue weighted by atomic mass is 35.5. The number of ether oxygens (including phenoxy) is 1. The second-order valence-corrected chi connectivity index (χ2v) is 5.24. The van der Waals surface area contributed by atoms with Crippen LogP contribution in [0.25, 0.3) is 11.1 Å². The second-order valence-electron chi connectivity index (χ2n) is 5.24. The van der Waals surface area contributed by atoms with Gasteiger partial charge in [0.05, 0.1) is 26.1 Å². The minimum absolute atomic E-state index is 0. The van der Waals surface area contributed by atoms with Crippen LogP contribution in [0.2, 0.25) is 0 Å². The average Bonchev–Trinajstić information content (AvgIpc) is 2.61. The molecule has 0 aliphatic rings. The molecular weight excluding hydrogens is 347 g/mol. The van der Waals surface area contributed by atoms with E-state index >= 15 is 0 Å². The molecule has 0 radical (unpaired) electrons. The predicted molar refractivity (Wildman–Crippen MR) is 95.7 cm³/mol. The zero-order valence-electron chi connectivity index (χ0n) is 13.7. The van der Waals surface area contributed by atoms with Crippen molar-refractivity contribution in [1.82, 2.24) is 5.32 Å². The van der Waals surface area contributed by atoms with Gasteiger partial charge >= 0.3 is 5.97 Å². The number of rotatable bonds is 6. The number of hydrogen-bond acceptors (Lipinski definition) is 4. The number of benzene rings is 2. The maximum Gasteiger partial charge on any atom is 0.307 e. The number of methoxy groups -OCH3 is 1. The van der Waals surface area contributed by atoms with E-state index in [-0.39, 0.29) is 37.1 Å². The molecule has 3 N–H and O–H groups in total. The normalized spacial score (nSPS) is 11.2. The highest BCUT2D eigenvalue weighted by molar-refractivity contribution is 5.85. The maximum absolute atomic E-state index is 13.1. The number of carbonyl (C=O) groups excluding carboxylic acids is 2. The van der Waals surface area contributed by atoms with E-state index in [1.165, 1.54) is 19.2 Å². The van der Waals surface area contributed by atoms with E-state index < -0.39 is 12.0 Å². The van der Waals surface area contributed by atoms with Crippen LogP contribution in [-0.2, 0) is 14.3 Å². The Morgan fingerprint density at radius 2 is 1.84 bits per heavy atom. The van der Waals surface area contributed by atoms with Gasteiger partial charge in [-0.2, -0.15) is 0 Å². The molecule has 0 saturated heterocycles. The van der Waals surface area contributed by atoms with E-state index in [1.807, 2.05) is 18.2 Å². The third kappa shape index (κ3) is 5.85. The van der Waals surface area contributed by atoms with Gasteiger partial charge in [-0.15, -0.1) is 12.4 Å². The van der Waals surface area contributed by atoms with Crippen LogP contribution >= 0.6 is 12.4 Å². The maximum atomic E-state index is 13.1. The van der Waals surface area contributed by atoms with E-state index in [0.717, 1.165) is 16.7 Å². The number of hydrogen-bond donors (Lipinski definition) is 2. The van der Waals surface area contributed by atoms with Crippen molar-refractivity contribution in [2.75, 3.05) is 13.7 Å². The first-order valence-electron chi connectivity index (χ1n) is 7.45. The van der Waals surface area contributed by atoms with Gasteiger partial charge in [-0.3, -0.25) is 9.59 Å². The Kier molecular flexibility index (Phi) is 8.04. The SMILES string of the molecule is COC(=O)CC(NC(=O)CN)c1cccc(-c2ccc(F)cc2)c1.Cl. The lowest BCUT2D eigenvalue weighted by Crippen LogP contribution is -2.35. The molecule has 0 aliphatic carbocycles. The second kappa shape index (κ2) is 9.76. The summed E-state index contributed by atoms with van der Waals surface area (Å²) in [5, 5.41) is 2.71. The third-order valence-electron chi connectivity index (χ3n) is 3.59. The molecule has 1 unspecified atom stereocenters. The molecule has 25 heavy (non-hydrogen) atoms. The number of esters is 1. The van der Waals surface area contributed by atoms with Crippen LogP contribution in [-0.4, -0.2) is 25.5 Å². The Morgan fingerprint density at radius 1 is 1.16 bits per heavy atom. The first kappa shape index (κ1) is 20.6. The van der Waals surface area contributed by atoms with Crippen molar-refractivity contribution in [3.8, 4) is 11.1 Å². The fourth-order valence-electron chi connectivity index (χ4n) is 2.33. The molecule has 0 saturated carbocycles. The van der Waals surface area contributed by atoms with Crippen molar-refractivity contribution in [1.29, 1.82) is 0 Å². The summed E-state index contributed by atoms with van der Waals surface area (Å²) in [5.41, 5.74) is 7.76. The van der Waals surface area contributed by atoms with Gasteiger partial charge in [0, 0.05) is 0 Å². The molecule has 2 aromatic carbocycles. The quantitative estimate of drug-likeness (QED) is 0.770. The summed E-state index contributed by atoms with van der Waals surface area (Å²) in [5.74, 6) is -1.12. The summed E-state index contributed by atoms with van der Waals surface area (Å²) in [6, 6.07) is 12.9. The number of amides is 1. The van der Waals surface area contributed by atoms with Gasteiger partial charge in [-0.1, -0.05) is 30.3 Å². The van der Waals surface area contributed by atoms with Gasteiger partial charge in [0.1, 0.15) is 5.82 Å². The Bertz CT molecular complexity index is 705. The molecule has 0 bridgehead atoms. The summed E-state index contributed by atoms with van der Waals surface area (Å²) in [6.45, 7) is -0.171. The van der Waals surface area contributed by atoms with E-state index in [0.29, 0.717) is 0 Å². The Labute approximate surface area is 151 Å². The molecule has 1 atom stereocenters. The zero-order valence-corrected chi connectivity index (χ0v) is 14.5. The molecule has 2 aromatic rings. The molecule has 0 aromatic heterocycles. The van der Waals surface area contributed by atoms with E-state index in [9.17, 15) is 14.0 Å². The van der Waals surface area contributed by atoms with Crippen LogP contribution in [0.4, 0.5) is 4.39 Å². The summed E-state index contributed by atoms with van der Waals surface area (Å²) in [4.78, 5) is 23.2. The molecule has 5 nitrogen and oxygen atoms in total. The van der Waals surface area contributed by atoms with Gasteiger partial charge in [-0.25, -0.2) is 4.39 Å². The molecule has 2 rings (SSSR count). The smallest absolute Gasteiger partial charge is 0.307 e. The fourth-order valence-corrected chi connectivity index (χ4v) is 2.33. The van der Waals surface area contributed by atoms with Crippen LogP contribution < -0.4 is 11.1 Å². The Balaban J connectivity index is 0.00000312. The summed E-state index contributed by atoms with van der Waals surface area (Å²) in [6.07, 6.45) is -0.00485. The van der Waals surface area contributed by atoms with Crippen LogP contribution in [0.15, 0.2) is 48.5 Å². The van der Waals surface area contributed by atoms with Crippen molar-refractivity contribution in [3.05, 3.63) is 59.9 Å². The number of nitrogens with one attached hydrogen (secondary N) is 1. The predicted octanol–water partition coefficient (Wildman–Crippen LogP) is 2.59. The molecule has 0 spiro atoms. The lowest BCUT2D eigenvalue weighted by atomic mass is 9.97. The lowest BCUT2D eigenvalue weighted by molar-refractivity contribution is -0.141. The fraction of sp³-hybridized carbons (Fsp3) is 0.222. The standard InChI is InChI=1S/C18H19FN2O3.ClH/c1-24-18(23)10-16(21-17(22)11-20)14-4-2-3-13(9-14)12-5-7-15(19)8-6-12;/h2-9,16H,10-11,20H2,1H3,(H,21,22);1H. The van der Waals surface area contributed by atoms with E-state index in [1.54, 1.807) is 18.2 Å². The van der Waals surface area contributed by atoms with Crippen molar-refractivity contribution < 1.29 is 18.7 Å². The average molecular weight is 367 g/mol. The third-order valence-corrected chi connectivity index (χ3v) is 3.59. The first-order valence-corrected chi connectivity index (χ1v) is 7.45. The van der Waals surface area contributed by atoms with Gasteiger partial charge in [0.25, 0.3) is 0 Å². The highest BCUT2D eigenvalue weighted by Crippen LogP contribution is 2.25. The minimum Gasteiger partial charge on any atom is -0.469 e. The largest absolute Gasteiger partial charge is 0.469 e. The van der Waals surface area contributed by atoms with Crippen molar-refractivity contribution in [3.63, 3.8) is 0 Å². The highest BCUT2D eigenvalue weighted by Gasteiger charge is 2.19. The number of carbonyl (C=O) groups is 2. The Morgan fingerprint density at radius 3 is 2.44 bits per heavy atom. The van der Waals surface area contributed by atoms with Gasteiger partial charge in [0.2, 0.25) is 5.91 Å². The molecule has 0 heterocycles. The van der Waals surface area contributed by atoms with Gasteiger partial charge in [0.15, 0.2) is 0 Å². The Hall–Kier alpha value is -2.44. The lowest BCUT2D eigenvalue weighted by Gasteiger charge is -2.18. The van der Waals surface area contributed by atoms with Crippen LogP contribution in [0.3, 0.4) is 0 Å². The van der Waals surface area contributed by atoms with Crippen molar-refractivity contribution >= 4 is 24.3 Å². The molecular formula is C18H20ClFN2O3. The molecule has 7 heteroatoms. The number of nitrogens with two attached hydrogens (primary N) is 1. The summed E-state index contributed by atoms with van der Waals surface area (Å²) >= 11 is 0. The zero-order chi connectivity index (χ0) is 17.5. The monoisotopic (exact) mass is 366 g/mol. The summed E-state index contributed by atoms with van der Waals surface area (Å²) in [7, 11) is 1.29. The van der Waals surface area contributed by atoms with E-state index in [4.69, 9.17) is 5.73 Å².